The maximum Gasteiger partial charge on any atom is 0.139 e. The summed E-state index contributed by atoms with van der Waals surface area (Å²) in [6, 6.07) is 51.2. The van der Waals surface area contributed by atoms with Gasteiger partial charge in [0.05, 0.1) is 22.1 Å². The molecule has 4 heteroatoms. The third-order valence-electron chi connectivity index (χ3n) is 16.3. The van der Waals surface area contributed by atoms with Crippen molar-refractivity contribution in [3.63, 3.8) is 0 Å². The molecule has 72 heavy (non-hydrogen) atoms. The van der Waals surface area contributed by atoms with Crippen molar-refractivity contribution in [2.24, 2.45) is 0 Å². The summed E-state index contributed by atoms with van der Waals surface area (Å²) in [6.07, 6.45) is 0. The van der Waals surface area contributed by atoms with E-state index in [0.29, 0.717) is 0 Å². The van der Waals surface area contributed by atoms with E-state index < -0.39 is 0 Å². The predicted octanol–water partition coefficient (Wildman–Crippen LogP) is 19.8. The number of rotatable bonds is 2. The zero-order valence-corrected chi connectivity index (χ0v) is 44.4. The minimum Gasteiger partial charge on any atom is -0.456 e. The monoisotopic (exact) mass is 940 g/mol. The van der Waals surface area contributed by atoms with E-state index in [9.17, 15) is 0 Å². The Kier molecular flexibility index (Phi) is 9.09. The predicted molar refractivity (Wildman–Crippen MR) is 309 cm³/mol. The highest BCUT2D eigenvalue weighted by Crippen LogP contribution is 2.47. The summed E-state index contributed by atoms with van der Waals surface area (Å²) < 4.78 is 18.8. The molecule has 0 aliphatic rings. The molecule has 0 atom stereocenters. The van der Waals surface area contributed by atoms with Crippen molar-refractivity contribution in [1.29, 1.82) is 0 Å². The highest BCUT2D eigenvalue weighted by molar-refractivity contribution is 6.29. The van der Waals surface area contributed by atoms with Gasteiger partial charge >= 0.3 is 0 Å². The van der Waals surface area contributed by atoms with Gasteiger partial charge in [0.2, 0.25) is 0 Å². The van der Waals surface area contributed by atoms with E-state index in [-0.39, 0.29) is 21.7 Å². The highest BCUT2D eigenvalue weighted by atomic mass is 16.3. The van der Waals surface area contributed by atoms with E-state index in [1.165, 1.54) is 76.6 Å². The van der Waals surface area contributed by atoms with Crippen LogP contribution < -0.4 is 0 Å². The van der Waals surface area contributed by atoms with Crippen molar-refractivity contribution in [3.8, 4) is 11.4 Å². The zero-order chi connectivity index (χ0) is 50.3. The molecular formula is C68H64N2O2. The zero-order valence-electron chi connectivity index (χ0n) is 44.4. The summed E-state index contributed by atoms with van der Waals surface area (Å²) >= 11 is 0. The second-order valence-corrected chi connectivity index (χ2v) is 25.2. The molecule has 0 radical (unpaired) electrons. The number of hydrogen-bond acceptors (Lipinski definition) is 2. The molecule has 0 saturated carbocycles. The summed E-state index contributed by atoms with van der Waals surface area (Å²) in [4.78, 5) is 0. The Labute approximate surface area is 421 Å². The molecule has 13 aromatic rings. The summed E-state index contributed by atoms with van der Waals surface area (Å²) in [7, 11) is 0. The largest absolute Gasteiger partial charge is 0.456 e. The van der Waals surface area contributed by atoms with Gasteiger partial charge in [0.25, 0.3) is 0 Å². The van der Waals surface area contributed by atoms with Gasteiger partial charge in [-0.2, -0.15) is 0 Å². The Bertz CT molecular complexity index is 4060. The van der Waals surface area contributed by atoms with Gasteiger partial charge in [-0.15, -0.1) is 0 Å². The molecule has 0 fully saturated rings. The molecule has 0 saturated heterocycles. The molecule has 4 aromatic heterocycles. The molecule has 4 nitrogen and oxygen atoms in total. The van der Waals surface area contributed by atoms with Gasteiger partial charge in [-0.3, -0.25) is 0 Å². The lowest BCUT2D eigenvalue weighted by Crippen LogP contribution is -2.10. The van der Waals surface area contributed by atoms with Crippen LogP contribution in [-0.2, 0) is 21.7 Å². The number of aromatic nitrogens is 2. The molecule has 4 heterocycles. The van der Waals surface area contributed by atoms with Crippen molar-refractivity contribution in [3.05, 3.63) is 167 Å². The maximum absolute atomic E-state index is 6.97. The Morgan fingerprint density at radius 1 is 0.306 bits per heavy atom. The second kappa shape index (κ2) is 14.7. The lowest BCUT2D eigenvalue weighted by molar-refractivity contribution is 0.590. The molecule has 9 aromatic carbocycles. The third kappa shape index (κ3) is 6.56. The molecule has 0 amide bonds. The Balaban J connectivity index is 0.973. The fraction of sp³-hybridized carbons (Fsp3) is 0.265. The van der Waals surface area contributed by atoms with Gasteiger partial charge in [0, 0.05) is 54.5 Å². The van der Waals surface area contributed by atoms with Gasteiger partial charge in [-0.25, -0.2) is 0 Å². The normalized spacial score (nSPS) is 13.4. The van der Waals surface area contributed by atoms with Gasteiger partial charge in [-0.1, -0.05) is 119 Å². The lowest BCUT2D eigenvalue weighted by Gasteiger charge is -2.19. The number of hydrogen-bond donors (Lipinski definition) is 0. The number of aryl methyl sites for hydroxylation is 2. The average Bonchev–Trinajstić information content (AvgIpc) is 4.07. The summed E-state index contributed by atoms with van der Waals surface area (Å²) in [5.74, 6) is 0. The second-order valence-electron chi connectivity index (χ2n) is 25.2. The third-order valence-corrected chi connectivity index (χ3v) is 16.3. The molecule has 0 bridgehead atoms. The number of benzene rings is 9. The van der Waals surface area contributed by atoms with E-state index in [2.05, 4.69) is 240 Å². The fourth-order valence-corrected chi connectivity index (χ4v) is 11.8. The molecule has 13 rings (SSSR count). The number of furan rings is 2. The smallest absolute Gasteiger partial charge is 0.139 e. The molecular weight excluding hydrogens is 877 g/mol. The molecule has 0 unspecified atom stereocenters. The van der Waals surface area contributed by atoms with Gasteiger partial charge in [0.1, 0.15) is 22.3 Å². The van der Waals surface area contributed by atoms with E-state index in [1.807, 2.05) is 0 Å². The number of nitrogens with zero attached hydrogens (tertiary/aromatic N) is 2. The van der Waals surface area contributed by atoms with Gasteiger partial charge < -0.3 is 18.0 Å². The fourth-order valence-electron chi connectivity index (χ4n) is 11.8. The summed E-state index contributed by atoms with van der Waals surface area (Å²) in [6.45, 7) is 31.9. The summed E-state index contributed by atoms with van der Waals surface area (Å²) in [5.41, 5.74) is 18.5. The minimum atomic E-state index is 0.0400. The van der Waals surface area contributed by atoms with Crippen LogP contribution in [0.5, 0.6) is 0 Å². The standard InChI is InChI=1S/C68H64N2O2/c1-37-38(2)64-62(54-30-40-16-22-48(28-42(40)32-60(54)72-64)70-57-25-19-45(67(9,10)11)35-51(57)52-36-46(68(12,13)14)20-26-58(52)70)61-53-29-39-15-21-47(27-41(39)31-59(53)71-63(37)61)69-55-23-17-43(65(3,4)5)33-49(55)50-34-44(66(6,7)8)18-24-56(50)69/h15-36H,1-14H3. The Morgan fingerprint density at radius 2 is 0.611 bits per heavy atom. The number of fused-ring (bicyclic) bond motifs is 15. The van der Waals surface area contributed by atoms with E-state index in [1.54, 1.807) is 0 Å². The Hall–Kier alpha value is -7.30. The average molecular weight is 941 g/mol. The van der Waals surface area contributed by atoms with Crippen LogP contribution in [-0.4, -0.2) is 9.13 Å². The Morgan fingerprint density at radius 3 is 0.903 bits per heavy atom. The first-order chi connectivity index (χ1) is 34.0. The van der Waals surface area contributed by atoms with Gasteiger partial charge in [0.15, 0.2) is 0 Å². The van der Waals surface area contributed by atoms with Crippen LogP contribution in [0.25, 0.3) is 120 Å². The minimum absolute atomic E-state index is 0.0400. The van der Waals surface area contributed by atoms with Crippen LogP contribution in [0.4, 0.5) is 0 Å². The molecule has 0 N–H and O–H groups in total. The van der Waals surface area contributed by atoms with Crippen LogP contribution in [0, 0.1) is 13.8 Å². The highest BCUT2D eigenvalue weighted by Gasteiger charge is 2.26. The topological polar surface area (TPSA) is 36.1 Å². The van der Waals surface area contributed by atoms with Crippen LogP contribution >= 0.6 is 0 Å². The lowest BCUT2D eigenvalue weighted by atomic mass is 9.85. The van der Waals surface area contributed by atoms with E-state index in [4.69, 9.17) is 8.83 Å². The summed E-state index contributed by atoms with van der Waals surface area (Å²) in [5, 5.41) is 14.2. The van der Waals surface area contributed by atoms with Crippen molar-refractivity contribution >= 4 is 109 Å². The quantitative estimate of drug-likeness (QED) is 0.173. The van der Waals surface area contributed by atoms with Crippen LogP contribution in [0.1, 0.15) is 116 Å². The van der Waals surface area contributed by atoms with Crippen molar-refractivity contribution < 1.29 is 8.83 Å². The van der Waals surface area contributed by atoms with Gasteiger partial charge in [-0.05, 0) is 187 Å². The van der Waals surface area contributed by atoms with Crippen LogP contribution in [0.2, 0.25) is 0 Å². The van der Waals surface area contributed by atoms with Crippen LogP contribution in [0.15, 0.2) is 142 Å². The first-order valence-electron chi connectivity index (χ1n) is 25.9. The van der Waals surface area contributed by atoms with Crippen molar-refractivity contribution in [2.75, 3.05) is 0 Å². The molecule has 0 aliphatic heterocycles. The molecule has 0 aliphatic carbocycles. The van der Waals surface area contributed by atoms with Crippen molar-refractivity contribution in [1.82, 2.24) is 9.13 Å². The van der Waals surface area contributed by atoms with Crippen molar-refractivity contribution in [2.45, 2.75) is 119 Å². The van der Waals surface area contributed by atoms with Crippen LogP contribution in [0.3, 0.4) is 0 Å². The first kappa shape index (κ1) is 44.6. The molecule has 0 spiro atoms. The first-order valence-corrected chi connectivity index (χ1v) is 25.9. The van der Waals surface area contributed by atoms with E-state index in [0.717, 1.165) is 77.2 Å². The maximum atomic E-state index is 6.97. The SMILES string of the molecule is Cc1c(C)c2oc3cc4cc(-n5c6ccc(C(C)(C)C)cc6c6cc(C(C)(C)C)ccc65)ccc4cc3c2c2c1oc1cc3cc(-n4c5ccc(C(C)(C)C)cc5c5cc(C(C)(C)C)ccc54)ccc3cc12. The van der Waals surface area contributed by atoms with E-state index >= 15 is 0 Å². The molecule has 358 valence electrons.